The lowest BCUT2D eigenvalue weighted by molar-refractivity contribution is 0.269. The summed E-state index contributed by atoms with van der Waals surface area (Å²) in [6, 6.07) is 33.3. The maximum Gasteiger partial charge on any atom is 0.128 e. The number of ether oxygens (including phenoxy) is 1. The Hall–Kier alpha value is -4.56. The van der Waals surface area contributed by atoms with Gasteiger partial charge in [-0.25, -0.2) is 0 Å². The van der Waals surface area contributed by atoms with E-state index in [9.17, 15) is 0 Å². The zero-order valence-corrected chi connectivity index (χ0v) is 21.0. The maximum absolute atomic E-state index is 6.23. The van der Waals surface area contributed by atoms with Crippen molar-refractivity contribution in [2.75, 3.05) is 0 Å². The Morgan fingerprint density at radius 1 is 0.711 bits per heavy atom. The molecule has 0 bridgehead atoms. The van der Waals surface area contributed by atoms with Crippen LogP contribution in [0.25, 0.3) is 44.9 Å². The number of aromatic nitrogens is 1. The molecule has 2 aliphatic carbocycles. The quantitative estimate of drug-likeness (QED) is 0.247. The molecular weight excluding hydrogens is 462 g/mol. The van der Waals surface area contributed by atoms with Crippen LogP contribution < -0.4 is 4.74 Å². The number of hydrogen-bond acceptors (Lipinski definition) is 1. The highest BCUT2D eigenvalue weighted by molar-refractivity contribution is 5.90. The topological polar surface area (TPSA) is 14.2 Å². The number of rotatable bonds is 3. The fourth-order valence-corrected chi connectivity index (χ4v) is 6.34. The first-order valence-electron chi connectivity index (χ1n) is 13.5. The molecule has 2 atom stereocenters. The van der Waals surface area contributed by atoms with Crippen LogP contribution in [0, 0.1) is 0 Å². The molecule has 38 heavy (non-hydrogen) atoms. The van der Waals surface area contributed by atoms with Crippen LogP contribution in [-0.2, 0) is 6.42 Å². The zero-order chi connectivity index (χ0) is 25.1. The first-order valence-corrected chi connectivity index (χ1v) is 13.5. The van der Waals surface area contributed by atoms with Crippen molar-refractivity contribution in [2.24, 2.45) is 0 Å². The van der Waals surface area contributed by atoms with Gasteiger partial charge < -0.3 is 9.30 Å². The molecule has 2 nitrogen and oxygen atoms in total. The minimum absolute atomic E-state index is 0.127. The van der Waals surface area contributed by atoms with Gasteiger partial charge in [0.2, 0.25) is 0 Å². The molecule has 3 aliphatic rings. The summed E-state index contributed by atoms with van der Waals surface area (Å²) in [4.78, 5) is 0. The van der Waals surface area contributed by atoms with Crippen LogP contribution in [0.5, 0.6) is 5.75 Å². The minimum Gasteiger partial charge on any atom is -0.485 e. The lowest BCUT2D eigenvalue weighted by Crippen LogP contribution is -2.15. The van der Waals surface area contributed by atoms with Crippen molar-refractivity contribution in [3.8, 4) is 33.7 Å². The van der Waals surface area contributed by atoms with Gasteiger partial charge in [-0.3, -0.25) is 0 Å². The Balaban J connectivity index is 1.09. The van der Waals surface area contributed by atoms with Gasteiger partial charge in [0.1, 0.15) is 11.9 Å². The summed E-state index contributed by atoms with van der Waals surface area (Å²) in [5.41, 5.74) is 11.4. The number of para-hydroxylation sites is 1. The van der Waals surface area contributed by atoms with Crippen molar-refractivity contribution in [2.45, 2.75) is 24.9 Å². The van der Waals surface area contributed by atoms with E-state index in [1.54, 1.807) is 0 Å². The van der Waals surface area contributed by atoms with Crippen molar-refractivity contribution in [1.82, 2.24) is 4.57 Å². The third-order valence-corrected chi connectivity index (χ3v) is 8.25. The van der Waals surface area contributed by atoms with Gasteiger partial charge in [-0.15, -0.1) is 0 Å². The molecule has 1 aromatic heterocycles. The molecule has 4 aromatic carbocycles. The lowest BCUT2D eigenvalue weighted by atomic mass is 9.91. The molecule has 0 fully saturated rings. The SMILES string of the molecule is C1=CC2Oc3cc(-c4ccc(-c5ccc(-n6c7c(c8ccccc86)CCC=C7)cc5)cc4)ccc3C2C=C1. The first-order chi connectivity index (χ1) is 18.8. The molecule has 2 heteroatoms. The molecule has 0 saturated carbocycles. The minimum atomic E-state index is 0.127. The molecule has 0 saturated heterocycles. The highest BCUT2D eigenvalue weighted by Crippen LogP contribution is 2.43. The van der Waals surface area contributed by atoms with E-state index >= 15 is 0 Å². The lowest BCUT2D eigenvalue weighted by Gasteiger charge is -2.13. The molecule has 0 N–H and O–H groups in total. The van der Waals surface area contributed by atoms with E-state index in [-0.39, 0.29) is 6.10 Å². The fourth-order valence-electron chi connectivity index (χ4n) is 6.34. The van der Waals surface area contributed by atoms with Gasteiger partial charge in [0.05, 0.1) is 5.52 Å². The third-order valence-electron chi connectivity index (χ3n) is 8.25. The highest BCUT2D eigenvalue weighted by atomic mass is 16.5. The van der Waals surface area contributed by atoms with E-state index in [1.807, 2.05) is 0 Å². The predicted octanol–water partition coefficient (Wildman–Crippen LogP) is 8.89. The monoisotopic (exact) mass is 489 g/mol. The van der Waals surface area contributed by atoms with Gasteiger partial charge in [0.15, 0.2) is 0 Å². The van der Waals surface area contributed by atoms with Crippen LogP contribution in [0.2, 0.25) is 0 Å². The molecule has 2 heterocycles. The molecule has 0 spiro atoms. The van der Waals surface area contributed by atoms with Crippen molar-refractivity contribution < 1.29 is 4.74 Å². The molecule has 8 rings (SSSR count). The van der Waals surface area contributed by atoms with Gasteiger partial charge in [-0.1, -0.05) is 91.0 Å². The van der Waals surface area contributed by atoms with Gasteiger partial charge in [0, 0.05) is 28.2 Å². The Morgan fingerprint density at radius 2 is 1.42 bits per heavy atom. The third kappa shape index (κ3) is 3.34. The van der Waals surface area contributed by atoms with Crippen molar-refractivity contribution in [3.63, 3.8) is 0 Å². The summed E-state index contributed by atoms with van der Waals surface area (Å²) in [6.07, 6.45) is 15.5. The van der Waals surface area contributed by atoms with Crippen LogP contribution in [0.4, 0.5) is 0 Å². The van der Waals surface area contributed by atoms with Gasteiger partial charge in [0.25, 0.3) is 0 Å². The second-order valence-electron chi connectivity index (χ2n) is 10.4. The van der Waals surface area contributed by atoms with Gasteiger partial charge in [-0.2, -0.15) is 0 Å². The second kappa shape index (κ2) is 8.49. The Kier molecular flexibility index (Phi) is 4.81. The summed E-state index contributed by atoms with van der Waals surface area (Å²) in [5.74, 6) is 1.34. The van der Waals surface area contributed by atoms with E-state index < -0.39 is 0 Å². The van der Waals surface area contributed by atoms with Crippen LogP contribution in [0.15, 0.2) is 121 Å². The maximum atomic E-state index is 6.23. The molecule has 0 amide bonds. The van der Waals surface area contributed by atoms with Crippen molar-refractivity contribution in [3.05, 3.63) is 138 Å². The second-order valence-corrected chi connectivity index (χ2v) is 10.4. The summed E-state index contributed by atoms with van der Waals surface area (Å²) >= 11 is 0. The van der Waals surface area contributed by atoms with E-state index in [0.29, 0.717) is 5.92 Å². The fraction of sp³-hybridized carbons (Fsp3) is 0.111. The van der Waals surface area contributed by atoms with E-state index in [2.05, 4.69) is 132 Å². The Bertz CT molecular complexity index is 1780. The summed E-state index contributed by atoms with van der Waals surface area (Å²) in [6.45, 7) is 0. The number of allylic oxidation sites excluding steroid dienone is 3. The van der Waals surface area contributed by atoms with Crippen molar-refractivity contribution in [1.29, 1.82) is 0 Å². The number of benzene rings is 4. The first kappa shape index (κ1) is 21.5. The smallest absolute Gasteiger partial charge is 0.128 e. The zero-order valence-electron chi connectivity index (χ0n) is 21.0. The normalized spacial score (nSPS) is 18.7. The van der Waals surface area contributed by atoms with Gasteiger partial charge >= 0.3 is 0 Å². The number of hydrogen-bond donors (Lipinski definition) is 0. The summed E-state index contributed by atoms with van der Waals surface area (Å²) < 4.78 is 8.63. The highest BCUT2D eigenvalue weighted by Gasteiger charge is 2.32. The number of fused-ring (bicyclic) bond motifs is 6. The molecule has 182 valence electrons. The average Bonchev–Trinajstić information content (AvgIpc) is 3.53. The number of nitrogens with zero attached hydrogens (tertiary/aromatic N) is 1. The van der Waals surface area contributed by atoms with E-state index in [4.69, 9.17) is 4.74 Å². The average molecular weight is 490 g/mol. The number of aryl methyl sites for hydroxylation is 1. The molecular formula is C36H27NO. The molecule has 5 aromatic rings. The summed E-state index contributed by atoms with van der Waals surface area (Å²) in [5, 5.41) is 1.37. The molecule has 1 aliphatic heterocycles. The Morgan fingerprint density at radius 3 is 2.26 bits per heavy atom. The van der Waals surface area contributed by atoms with Crippen LogP contribution in [-0.4, -0.2) is 10.7 Å². The molecule has 2 unspecified atom stereocenters. The van der Waals surface area contributed by atoms with Crippen LogP contribution in [0.1, 0.15) is 29.2 Å². The van der Waals surface area contributed by atoms with Crippen molar-refractivity contribution >= 4 is 17.0 Å². The van der Waals surface area contributed by atoms with Crippen LogP contribution >= 0.6 is 0 Å². The molecule has 0 radical (unpaired) electrons. The van der Waals surface area contributed by atoms with E-state index in [0.717, 1.165) is 18.6 Å². The standard InChI is InChI=1S/C36H27NO/c1-4-10-33-29(7-1)30-8-2-5-11-34(30)37(33)28-20-17-25(18-21-28)24-13-15-26(16-14-24)27-19-22-32-31-9-3-6-12-35(31)38-36(32)23-27/h1,3-7,9-23,31,35H,2,8H2. The summed E-state index contributed by atoms with van der Waals surface area (Å²) in [7, 11) is 0. The van der Waals surface area contributed by atoms with Gasteiger partial charge in [-0.05, 0) is 77.1 Å². The Labute approximate surface area is 222 Å². The van der Waals surface area contributed by atoms with Crippen LogP contribution in [0.3, 0.4) is 0 Å². The largest absolute Gasteiger partial charge is 0.485 e. The van der Waals surface area contributed by atoms with E-state index in [1.165, 1.54) is 55.7 Å². The predicted molar refractivity (Wildman–Crippen MR) is 157 cm³/mol.